The molecule has 1 heterocycles. The molecule has 0 spiro atoms. The number of phenols is 1. The van der Waals surface area contributed by atoms with Gasteiger partial charge in [-0.2, -0.15) is 0 Å². The smallest absolute Gasteiger partial charge is 0.315 e. The lowest BCUT2D eigenvalue weighted by Crippen LogP contribution is -2.61. The van der Waals surface area contributed by atoms with Gasteiger partial charge in [-0.15, -0.1) is 0 Å². The molecular weight excluding hydrogens is 598 g/mol. The Labute approximate surface area is 281 Å². The monoisotopic (exact) mass is 657 g/mol. The van der Waals surface area contributed by atoms with Crippen molar-refractivity contribution in [2.45, 2.75) is 142 Å². The number of carbonyl (C=O) groups is 5. The lowest BCUT2D eigenvalue weighted by atomic mass is 9.77. The zero-order valence-electron chi connectivity index (χ0n) is 29.4. The molecule has 6 N–H and O–H groups in total. The second kappa shape index (κ2) is 18.6. The van der Waals surface area contributed by atoms with E-state index < -0.39 is 34.7 Å². The van der Waals surface area contributed by atoms with Crippen LogP contribution in [0.5, 0.6) is 5.75 Å². The van der Waals surface area contributed by atoms with Crippen molar-refractivity contribution in [3.8, 4) is 5.75 Å². The average Bonchev–Trinajstić information content (AvgIpc) is 3.73. The summed E-state index contributed by atoms with van der Waals surface area (Å²) in [5.74, 6) is -0.966. The van der Waals surface area contributed by atoms with Crippen molar-refractivity contribution in [1.82, 2.24) is 20.9 Å². The van der Waals surface area contributed by atoms with Crippen LogP contribution >= 0.6 is 0 Å². The Balaban J connectivity index is 0.000000398. The SMILES string of the molecule is CC1CCCN1C(=O)C(NC(=O)NC1(Cc2ccccc2O)CCCCC1)C(C)(C)C.CCC.NC(=O)C(=O)C(CC1CC1)NC=O. The number of likely N-dealkylation sites (tertiary alicyclic amines) is 1. The number of hydrogen-bond donors (Lipinski definition) is 5. The third kappa shape index (κ3) is 12.8. The topological polar surface area (TPSA) is 171 Å². The Morgan fingerprint density at radius 1 is 1.04 bits per heavy atom. The summed E-state index contributed by atoms with van der Waals surface area (Å²) in [6, 6.07) is 5.95. The summed E-state index contributed by atoms with van der Waals surface area (Å²) >= 11 is 0. The molecular formula is C36H59N5O6. The van der Waals surface area contributed by atoms with E-state index in [9.17, 15) is 29.1 Å². The predicted molar refractivity (Wildman–Crippen MR) is 183 cm³/mol. The molecule has 3 atom stereocenters. The zero-order chi connectivity index (χ0) is 35.2. The van der Waals surface area contributed by atoms with Crippen molar-refractivity contribution in [2.24, 2.45) is 17.1 Å². The number of carbonyl (C=O) groups excluding carboxylic acids is 5. The van der Waals surface area contributed by atoms with Gasteiger partial charge in [0.05, 0.1) is 6.04 Å². The third-order valence-electron chi connectivity index (χ3n) is 9.03. The number of Topliss-reactive ketones (excluding diaryl/α,β-unsaturated/α-hetero) is 1. The van der Waals surface area contributed by atoms with Crippen LogP contribution in [0.1, 0.15) is 118 Å². The normalized spacial score (nSPS) is 19.8. The Kier molecular flexibility index (Phi) is 15.7. The zero-order valence-corrected chi connectivity index (χ0v) is 29.4. The molecule has 2 aliphatic carbocycles. The Hall–Kier alpha value is -3.63. The van der Waals surface area contributed by atoms with Crippen LogP contribution in [0.25, 0.3) is 0 Å². The van der Waals surface area contributed by atoms with E-state index in [1.165, 1.54) is 6.42 Å². The minimum Gasteiger partial charge on any atom is -0.508 e. The lowest BCUT2D eigenvalue weighted by molar-refractivity contribution is -0.137. The maximum absolute atomic E-state index is 13.3. The van der Waals surface area contributed by atoms with Gasteiger partial charge in [0.15, 0.2) is 0 Å². The molecule has 11 heteroatoms. The number of rotatable bonds is 11. The third-order valence-corrected chi connectivity index (χ3v) is 9.03. The number of para-hydroxylation sites is 1. The minimum atomic E-state index is -0.986. The first kappa shape index (κ1) is 39.5. The summed E-state index contributed by atoms with van der Waals surface area (Å²) in [4.78, 5) is 60.2. The van der Waals surface area contributed by atoms with Gasteiger partial charge in [-0.05, 0) is 68.4 Å². The molecule has 3 fully saturated rings. The quantitative estimate of drug-likeness (QED) is 0.170. The summed E-state index contributed by atoms with van der Waals surface area (Å²) in [5, 5.41) is 18.8. The van der Waals surface area contributed by atoms with Crippen LogP contribution in [-0.2, 0) is 25.6 Å². The highest BCUT2D eigenvalue weighted by atomic mass is 16.3. The van der Waals surface area contributed by atoms with Crippen LogP contribution < -0.4 is 21.7 Å². The number of ketones is 1. The van der Waals surface area contributed by atoms with Crippen LogP contribution in [-0.4, -0.2) is 70.3 Å². The van der Waals surface area contributed by atoms with Crippen LogP contribution in [0.4, 0.5) is 4.79 Å². The maximum atomic E-state index is 13.3. The second-order valence-electron chi connectivity index (χ2n) is 14.5. The van der Waals surface area contributed by atoms with Gasteiger partial charge >= 0.3 is 6.03 Å². The highest BCUT2D eigenvalue weighted by Gasteiger charge is 2.40. The Bertz CT molecular complexity index is 1190. The number of nitrogens with zero attached hydrogens (tertiary/aromatic N) is 1. The molecule has 1 aromatic rings. The number of benzene rings is 1. The van der Waals surface area contributed by atoms with Crippen LogP contribution in [0.15, 0.2) is 24.3 Å². The van der Waals surface area contributed by atoms with E-state index >= 15 is 0 Å². The summed E-state index contributed by atoms with van der Waals surface area (Å²) in [6.07, 6.45) is 11.9. The van der Waals surface area contributed by atoms with Crippen molar-refractivity contribution in [1.29, 1.82) is 0 Å². The molecule has 47 heavy (non-hydrogen) atoms. The van der Waals surface area contributed by atoms with Crippen molar-refractivity contribution in [3.63, 3.8) is 0 Å². The number of urea groups is 1. The van der Waals surface area contributed by atoms with Crippen molar-refractivity contribution in [3.05, 3.63) is 29.8 Å². The standard InChI is InChI=1S/C25H39N3O3.C8H12N2O3.C3H8/c1-18-11-10-16-28(18)22(30)21(24(2,3)4)26-23(31)27-25(14-8-5-9-15-25)17-19-12-6-7-13-20(19)29;9-8(13)7(12)6(10-4-11)3-5-1-2-5;1-3-2/h6-7,12-13,18,21,29H,5,8-11,14-17H2,1-4H3,(H2,26,27,31);4-6H,1-3H2,(H2,9,13)(H,10,11);3H2,1-2H3. The molecule has 4 rings (SSSR count). The van der Waals surface area contributed by atoms with Gasteiger partial charge in [0, 0.05) is 18.1 Å². The largest absolute Gasteiger partial charge is 0.508 e. The molecule has 0 aromatic heterocycles. The highest BCUT2D eigenvalue weighted by molar-refractivity contribution is 6.37. The van der Waals surface area contributed by atoms with Gasteiger partial charge in [0.2, 0.25) is 18.1 Å². The van der Waals surface area contributed by atoms with E-state index in [0.29, 0.717) is 25.2 Å². The van der Waals surface area contributed by atoms with E-state index in [-0.39, 0.29) is 23.7 Å². The first-order valence-corrected chi connectivity index (χ1v) is 17.4. The Morgan fingerprint density at radius 2 is 1.66 bits per heavy atom. The van der Waals surface area contributed by atoms with Crippen LogP contribution in [0.2, 0.25) is 0 Å². The van der Waals surface area contributed by atoms with E-state index in [1.807, 2.05) is 43.9 Å². The maximum Gasteiger partial charge on any atom is 0.315 e. The van der Waals surface area contributed by atoms with Crippen molar-refractivity contribution < 1.29 is 29.1 Å². The number of primary amides is 1. The number of hydrogen-bond acceptors (Lipinski definition) is 6. The molecule has 264 valence electrons. The van der Waals surface area contributed by atoms with Gasteiger partial charge in [-0.3, -0.25) is 19.2 Å². The molecule has 1 saturated heterocycles. The van der Waals surface area contributed by atoms with E-state index in [2.05, 4.69) is 36.7 Å². The molecule has 11 nitrogen and oxygen atoms in total. The minimum absolute atomic E-state index is 0.00560. The van der Waals surface area contributed by atoms with E-state index in [1.54, 1.807) is 6.07 Å². The fourth-order valence-electron chi connectivity index (χ4n) is 6.27. The summed E-state index contributed by atoms with van der Waals surface area (Å²) in [7, 11) is 0. The number of nitrogens with one attached hydrogen (secondary N) is 3. The second-order valence-corrected chi connectivity index (χ2v) is 14.5. The number of phenolic OH excluding ortho intramolecular Hbond substituents is 1. The summed E-state index contributed by atoms with van der Waals surface area (Å²) < 4.78 is 0. The molecule has 5 amide bonds. The number of aromatic hydroxyl groups is 1. The first-order chi connectivity index (χ1) is 22.2. The summed E-state index contributed by atoms with van der Waals surface area (Å²) in [5.41, 5.74) is 4.86. The molecule has 1 aliphatic heterocycles. The lowest BCUT2D eigenvalue weighted by Gasteiger charge is -2.40. The fraction of sp³-hybridized carbons (Fsp3) is 0.694. The predicted octanol–water partition coefficient (Wildman–Crippen LogP) is 4.73. The van der Waals surface area contributed by atoms with Gasteiger partial charge in [0.1, 0.15) is 11.8 Å². The molecule has 0 bridgehead atoms. The van der Waals surface area contributed by atoms with Gasteiger partial charge in [-0.1, -0.05) is 91.3 Å². The molecule has 0 radical (unpaired) electrons. The first-order valence-electron chi connectivity index (χ1n) is 17.4. The van der Waals surface area contributed by atoms with Crippen molar-refractivity contribution in [2.75, 3.05) is 6.54 Å². The van der Waals surface area contributed by atoms with Gasteiger partial charge in [0.25, 0.3) is 5.91 Å². The fourth-order valence-corrected chi connectivity index (χ4v) is 6.27. The van der Waals surface area contributed by atoms with Crippen LogP contribution in [0, 0.1) is 11.3 Å². The molecule has 1 aromatic carbocycles. The number of nitrogens with two attached hydrogens (primary N) is 1. The van der Waals surface area contributed by atoms with Crippen molar-refractivity contribution >= 4 is 30.0 Å². The summed E-state index contributed by atoms with van der Waals surface area (Å²) in [6.45, 7) is 13.1. The van der Waals surface area contributed by atoms with Crippen LogP contribution in [0.3, 0.4) is 0 Å². The average molecular weight is 658 g/mol. The Morgan fingerprint density at radius 3 is 2.15 bits per heavy atom. The van der Waals surface area contributed by atoms with Gasteiger partial charge < -0.3 is 31.7 Å². The molecule has 3 aliphatic rings. The van der Waals surface area contributed by atoms with E-state index in [4.69, 9.17) is 5.73 Å². The highest BCUT2D eigenvalue weighted by Crippen LogP contribution is 2.35. The van der Waals surface area contributed by atoms with Gasteiger partial charge in [-0.25, -0.2) is 4.79 Å². The van der Waals surface area contributed by atoms with E-state index in [0.717, 1.165) is 69.9 Å². The molecule has 3 unspecified atom stereocenters. The number of amides is 5. The molecule has 2 saturated carbocycles.